The summed E-state index contributed by atoms with van der Waals surface area (Å²) in [5.74, 6) is -0.843. The molecule has 4 rings (SSSR count). The molecular formula is C20H23F2N5O. The van der Waals surface area contributed by atoms with E-state index in [9.17, 15) is 13.6 Å². The fraction of sp³-hybridized carbons (Fsp3) is 0.450. The van der Waals surface area contributed by atoms with E-state index in [0.717, 1.165) is 43.3 Å². The smallest absolute Gasteiger partial charge is 0.317 e. The van der Waals surface area contributed by atoms with Crippen LogP contribution in [-0.2, 0) is 0 Å². The Labute approximate surface area is 162 Å². The van der Waals surface area contributed by atoms with Gasteiger partial charge in [0, 0.05) is 38.3 Å². The molecule has 28 heavy (non-hydrogen) atoms. The van der Waals surface area contributed by atoms with Crippen LogP contribution in [0.5, 0.6) is 0 Å². The Balaban J connectivity index is 1.33. The van der Waals surface area contributed by atoms with E-state index in [0.29, 0.717) is 6.54 Å². The normalized spacial score (nSPS) is 24.0. The van der Waals surface area contributed by atoms with Crippen LogP contribution in [0, 0.1) is 11.6 Å². The van der Waals surface area contributed by atoms with Crippen LogP contribution in [-0.4, -0.2) is 53.3 Å². The van der Waals surface area contributed by atoms with Gasteiger partial charge in [-0.25, -0.2) is 13.6 Å². The van der Waals surface area contributed by atoms with E-state index in [-0.39, 0.29) is 24.0 Å². The molecule has 6 nitrogen and oxygen atoms in total. The van der Waals surface area contributed by atoms with Crippen molar-refractivity contribution in [2.75, 3.05) is 25.0 Å². The first-order valence-corrected chi connectivity index (χ1v) is 9.54. The van der Waals surface area contributed by atoms with Gasteiger partial charge in [0.25, 0.3) is 0 Å². The minimum Gasteiger partial charge on any atom is -0.353 e. The number of nitrogens with zero attached hydrogens (tertiary/aromatic N) is 4. The maximum atomic E-state index is 13.4. The zero-order valence-electron chi connectivity index (χ0n) is 15.7. The Morgan fingerprint density at radius 3 is 2.89 bits per heavy atom. The van der Waals surface area contributed by atoms with Crippen LogP contribution < -0.4 is 10.2 Å². The standard InChI is InChI=1S/C20H23F2N5O/c1-26(14-4-3-9-27(12-14)19-5-2-8-23-25-19)20(28)24-18-11-15(18)13-6-7-16(21)17(22)10-13/h2,5-8,10,14-15,18H,3-4,9,11-12H2,1H3,(H,24,28)/t14-,15?,18?/m1/s1. The first-order valence-electron chi connectivity index (χ1n) is 9.54. The molecule has 2 amide bonds. The highest BCUT2D eigenvalue weighted by Gasteiger charge is 2.41. The van der Waals surface area contributed by atoms with Crippen molar-refractivity contribution in [3.05, 3.63) is 53.7 Å². The molecule has 1 saturated carbocycles. The fourth-order valence-corrected chi connectivity index (χ4v) is 3.83. The average Bonchev–Trinajstić information content (AvgIpc) is 3.49. The molecule has 2 fully saturated rings. The minimum atomic E-state index is -0.852. The van der Waals surface area contributed by atoms with Gasteiger partial charge in [-0.3, -0.25) is 0 Å². The molecule has 1 aliphatic heterocycles. The summed E-state index contributed by atoms with van der Waals surface area (Å²) in [6.07, 6.45) is 4.28. The number of amides is 2. The average molecular weight is 387 g/mol. The number of carbonyl (C=O) groups excluding carboxylic acids is 1. The summed E-state index contributed by atoms with van der Waals surface area (Å²) < 4.78 is 26.5. The van der Waals surface area contributed by atoms with E-state index >= 15 is 0 Å². The van der Waals surface area contributed by atoms with Crippen molar-refractivity contribution in [2.24, 2.45) is 0 Å². The molecule has 1 aromatic carbocycles. The Morgan fingerprint density at radius 1 is 1.29 bits per heavy atom. The minimum absolute atomic E-state index is 0.0369. The van der Waals surface area contributed by atoms with Crippen LogP contribution in [0.4, 0.5) is 19.4 Å². The third-order valence-electron chi connectivity index (χ3n) is 5.62. The number of rotatable bonds is 4. The summed E-state index contributed by atoms with van der Waals surface area (Å²) in [6, 6.07) is 7.61. The lowest BCUT2D eigenvalue weighted by Gasteiger charge is -2.38. The number of piperidine rings is 1. The van der Waals surface area contributed by atoms with E-state index in [2.05, 4.69) is 20.4 Å². The maximum absolute atomic E-state index is 13.4. The SMILES string of the molecule is CN(C(=O)NC1CC1c1ccc(F)c(F)c1)[C@@H]1CCCN(c2cccnn2)C1. The van der Waals surface area contributed by atoms with Gasteiger partial charge in [0.2, 0.25) is 0 Å². The zero-order valence-corrected chi connectivity index (χ0v) is 15.7. The van der Waals surface area contributed by atoms with Gasteiger partial charge in [-0.1, -0.05) is 6.07 Å². The van der Waals surface area contributed by atoms with Gasteiger partial charge >= 0.3 is 6.03 Å². The number of hydrogen-bond acceptors (Lipinski definition) is 4. The van der Waals surface area contributed by atoms with Gasteiger partial charge < -0.3 is 15.1 Å². The Kier molecular flexibility index (Phi) is 5.11. The third-order valence-corrected chi connectivity index (χ3v) is 5.62. The molecule has 0 spiro atoms. The Hall–Kier alpha value is -2.77. The van der Waals surface area contributed by atoms with Crippen LogP contribution >= 0.6 is 0 Å². The summed E-state index contributed by atoms with van der Waals surface area (Å²) in [5, 5.41) is 11.1. The lowest BCUT2D eigenvalue weighted by molar-refractivity contribution is 0.182. The van der Waals surface area contributed by atoms with Crippen LogP contribution in [0.1, 0.15) is 30.7 Å². The highest BCUT2D eigenvalue weighted by Crippen LogP contribution is 2.41. The molecule has 2 heterocycles. The molecule has 2 unspecified atom stereocenters. The molecule has 8 heteroatoms. The molecule has 148 valence electrons. The van der Waals surface area contributed by atoms with E-state index in [4.69, 9.17) is 0 Å². The second kappa shape index (κ2) is 7.69. The summed E-state index contributed by atoms with van der Waals surface area (Å²) >= 11 is 0. The van der Waals surface area contributed by atoms with Crippen LogP contribution in [0.25, 0.3) is 0 Å². The maximum Gasteiger partial charge on any atom is 0.317 e. The van der Waals surface area contributed by atoms with Crippen LogP contribution in [0.15, 0.2) is 36.5 Å². The Bertz CT molecular complexity index is 850. The summed E-state index contributed by atoms with van der Waals surface area (Å²) in [5.41, 5.74) is 0.721. The number of nitrogens with one attached hydrogen (secondary N) is 1. The largest absolute Gasteiger partial charge is 0.353 e. The van der Waals surface area contributed by atoms with Crippen molar-refractivity contribution in [3.63, 3.8) is 0 Å². The van der Waals surface area contributed by atoms with E-state index in [1.54, 1.807) is 24.2 Å². The number of benzene rings is 1. The number of likely N-dealkylation sites (N-methyl/N-ethyl adjacent to an activating group) is 1. The van der Waals surface area contributed by atoms with Gasteiger partial charge in [0.1, 0.15) is 0 Å². The lowest BCUT2D eigenvalue weighted by atomic mass is 10.0. The van der Waals surface area contributed by atoms with E-state index in [1.807, 2.05) is 12.1 Å². The van der Waals surface area contributed by atoms with Crippen molar-refractivity contribution in [3.8, 4) is 0 Å². The highest BCUT2D eigenvalue weighted by molar-refractivity contribution is 5.75. The Morgan fingerprint density at radius 2 is 2.14 bits per heavy atom. The lowest BCUT2D eigenvalue weighted by Crippen LogP contribution is -2.52. The third kappa shape index (κ3) is 3.90. The number of anilines is 1. The van der Waals surface area contributed by atoms with Gasteiger partial charge in [-0.15, -0.1) is 5.10 Å². The molecule has 0 radical (unpaired) electrons. The summed E-state index contributed by atoms with van der Waals surface area (Å²) in [6.45, 7) is 1.60. The molecule has 1 N–H and O–H groups in total. The van der Waals surface area contributed by atoms with Gasteiger partial charge in [0.15, 0.2) is 17.5 Å². The predicted octanol–water partition coefficient (Wildman–Crippen LogP) is 2.92. The number of aromatic nitrogens is 2. The topological polar surface area (TPSA) is 61.4 Å². The second-order valence-corrected chi connectivity index (χ2v) is 7.51. The summed E-state index contributed by atoms with van der Waals surface area (Å²) in [4.78, 5) is 16.6. The van der Waals surface area contributed by atoms with Gasteiger partial charge in [-0.05, 0) is 49.1 Å². The van der Waals surface area contributed by atoms with Crippen LogP contribution in [0.3, 0.4) is 0 Å². The van der Waals surface area contributed by atoms with Gasteiger partial charge in [0.05, 0.1) is 6.04 Å². The molecule has 3 atom stereocenters. The van der Waals surface area contributed by atoms with Crippen molar-refractivity contribution in [2.45, 2.75) is 37.3 Å². The fourth-order valence-electron chi connectivity index (χ4n) is 3.83. The molecular weight excluding hydrogens is 364 g/mol. The molecule has 2 aromatic rings. The van der Waals surface area contributed by atoms with Crippen molar-refractivity contribution in [1.82, 2.24) is 20.4 Å². The van der Waals surface area contributed by atoms with Crippen molar-refractivity contribution < 1.29 is 13.6 Å². The second-order valence-electron chi connectivity index (χ2n) is 7.51. The van der Waals surface area contributed by atoms with Crippen molar-refractivity contribution >= 4 is 11.8 Å². The first kappa shape index (κ1) is 18.6. The van der Waals surface area contributed by atoms with Crippen LogP contribution in [0.2, 0.25) is 0 Å². The molecule has 0 bridgehead atoms. The quantitative estimate of drug-likeness (QED) is 0.876. The number of carbonyl (C=O) groups is 1. The highest BCUT2D eigenvalue weighted by atomic mass is 19.2. The molecule has 1 aliphatic carbocycles. The number of hydrogen-bond donors (Lipinski definition) is 1. The number of urea groups is 1. The van der Waals surface area contributed by atoms with Crippen molar-refractivity contribution in [1.29, 1.82) is 0 Å². The zero-order chi connectivity index (χ0) is 19.7. The summed E-state index contributed by atoms with van der Waals surface area (Å²) in [7, 11) is 1.80. The van der Waals surface area contributed by atoms with E-state index < -0.39 is 11.6 Å². The molecule has 2 aliphatic rings. The first-order chi connectivity index (χ1) is 13.5. The number of halogens is 2. The molecule has 1 saturated heterocycles. The predicted molar refractivity (Wildman–Crippen MR) is 101 cm³/mol. The van der Waals surface area contributed by atoms with E-state index in [1.165, 1.54) is 6.07 Å². The molecule has 1 aromatic heterocycles. The monoisotopic (exact) mass is 387 g/mol. The van der Waals surface area contributed by atoms with Gasteiger partial charge in [-0.2, -0.15) is 5.10 Å².